The van der Waals surface area contributed by atoms with E-state index in [0.717, 1.165) is 11.6 Å². The molecular formula is C18H14FN3O4. The third-order valence-corrected chi connectivity index (χ3v) is 5.11. The van der Waals surface area contributed by atoms with Gasteiger partial charge in [-0.1, -0.05) is 24.3 Å². The largest absolute Gasteiger partial charge is 0.375 e. The van der Waals surface area contributed by atoms with Gasteiger partial charge in [0.25, 0.3) is 11.4 Å². The van der Waals surface area contributed by atoms with E-state index in [2.05, 4.69) is 5.32 Å². The van der Waals surface area contributed by atoms with Crippen LogP contribution < -0.4 is 5.32 Å². The number of non-ortho nitro benzene ring substituents is 1. The van der Waals surface area contributed by atoms with E-state index in [4.69, 9.17) is 0 Å². The quantitative estimate of drug-likeness (QED) is 0.497. The molecule has 7 nitrogen and oxygen atoms in total. The maximum Gasteiger partial charge on any atom is 0.275 e. The van der Waals surface area contributed by atoms with Crippen LogP contribution in [-0.4, -0.2) is 9.85 Å². The van der Waals surface area contributed by atoms with E-state index in [9.17, 15) is 24.6 Å². The molecule has 0 aromatic heterocycles. The summed E-state index contributed by atoms with van der Waals surface area (Å²) in [5.74, 6) is -0.844. The molecule has 0 bridgehead atoms. The van der Waals surface area contributed by atoms with Crippen molar-refractivity contribution < 1.29 is 14.2 Å². The lowest BCUT2D eigenvalue weighted by Crippen LogP contribution is -2.30. The van der Waals surface area contributed by atoms with E-state index < -0.39 is 15.7 Å². The average molecular weight is 355 g/mol. The highest BCUT2D eigenvalue weighted by Crippen LogP contribution is 2.53. The molecule has 0 radical (unpaired) electrons. The second kappa shape index (κ2) is 5.91. The summed E-state index contributed by atoms with van der Waals surface area (Å²) in [6.07, 6.45) is 4.51. The normalized spacial score (nSPS) is 23.0. The summed E-state index contributed by atoms with van der Waals surface area (Å²) < 4.78 is 14.4. The lowest BCUT2D eigenvalue weighted by Gasteiger charge is -2.37. The molecule has 0 spiro atoms. The molecule has 0 saturated heterocycles. The molecule has 2 aliphatic rings. The standard InChI is InChI=1S/C18H14FN3O4/c19-14-8-9-15(22(25)26)16-12-2-1-3-13(12)17(20-18(14)16)10-4-6-11(7-5-10)21(23)24/h1-2,4-9,12-13,17,20H,3H2. The van der Waals surface area contributed by atoms with Gasteiger partial charge in [0.15, 0.2) is 0 Å². The first-order chi connectivity index (χ1) is 12.5. The number of halogens is 1. The molecule has 3 unspecified atom stereocenters. The number of benzene rings is 2. The van der Waals surface area contributed by atoms with Gasteiger partial charge in [-0.3, -0.25) is 20.2 Å². The van der Waals surface area contributed by atoms with Crippen LogP contribution in [0.2, 0.25) is 0 Å². The number of nitrogens with zero attached hydrogens (tertiary/aromatic N) is 2. The van der Waals surface area contributed by atoms with Crippen LogP contribution in [0, 0.1) is 32.0 Å². The first-order valence-electron chi connectivity index (χ1n) is 8.11. The van der Waals surface area contributed by atoms with Gasteiger partial charge in [-0.25, -0.2) is 4.39 Å². The van der Waals surface area contributed by atoms with E-state index in [1.807, 2.05) is 12.2 Å². The molecule has 0 fully saturated rings. The topological polar surface area (TPSA) is 98.3 Å². The minimum atomic E-state index is -0.545. The number of nitro groups is 2. The molecule has 2 aromatic rings. The Labute approximate surface area is 147 Å². The Bertz CT molecular complexity index is 942. The highest BCUT2D eigenvalue weighted by Gasteiger charge is 2.42. The Balaban J connectivity index is 1.81. The average Bonchev–Trinajstić information content (AvgIpc) is 3.11. The summed E-state index contributed by atoms with van der Waals surface area (Å²) in [6, 6.07) is 8.11. The number of anilines is 1. The van der Waals surface area contributed by atoms with E-state index in [-0.39, 0.29) is 34.9 Å². The predicted molar refractivity (Wildman–Crippen MR) is 92.5 cm³/mol. The summed E-state index contributed by atoms with van der Waals surface area (Å²) in [5.41, 5.74) is 1.17. The van der Waals surface area contributed by atoms with Crippen molar-refractivity contribution in [3.63, 3.8) is 0 Å². The van der Waals surface area contributed by atoms with Crippen LogP contribution in [-0.2, 0) is 0 Å². The number of nitrogens with one attached hydrogen (secondary N) is 1. The fourth-order valence-corrected chi connectivity index (χ4v) is 3.95. The van der Waals surface area contributed by atoms with Gasteiger partial charge in [0, 0.05) is 24.1 Å². The highest BCUT2D eigenvalue weighted by molar-refractivity contribution is 5.68. The van der Waals surface area contributed by atoms with Crippen molar-refractivity contribution >= 4 is 17.1 Å². The Kier molecular flexibility index (Phi) is 3.68. The fourth-order valence-electron chi connectivity index (χ4n) is 3.95. The van der Waals surface area contributed by atoms with Gasteiger partial charge in [0.1, 0.15) is 5.82 Å². The first kappa shape index (κ1) is 16.2. The zero-order valence-corrected chi connectivity index (χ0v) is 13.5. The highest BCUT2D eigenvalue weighted by atomic mass is 19.1. The van der Waals surface area contributed by atoms with Crippen molar-refractivity contribution in [2.24, 2.45) is 5.92 Å². The number of hydrogen-bond donors (Lipinski definition) is 1. The van der Waals surface area contributed by atoms with Crippen molar-refractivity contribution in [2.75, 3.05) is 5.32 Å². The summed E-state index contributed by atoms with van der Waals surface area (Å²) in [4.78, 5) is 21.3. The summed E-state index contributed by atoms with van der Waals surface area (Å²) in [6.45, 7) is 0. The molecule has 132 valence electrons. The molecule has 1 heterocycles. The number of fused-ring (bicyclic) bond motifs is 3. The lowest BCUT2D eigenvalue weighted by atomic mass is 9.76. The Morgan fingerprint density at radius 1 is 1.04 bits per heavy atom. The van der Waals surface area contributed by atoms with Gasteiger partial charge in [-0.05, 0) is 24.0 Å². The second-order valence-corrected chi connectivity index (χ2v) is 6.44. The molecular weight excluding hydrogens is 341 g/mol. The smallest absolute Gasteiger partial charge is 0.275 e. The van der Waals surface area contributed by atoms with Crippen molar-refractivity contribution in [2.45, 2.75) is 18.4 Å². The van der Waals surface area contributed by atoms with E-state index in [1.165, 1.54) is 18.2 Å². The molecule has 1 N–H and O–H groups in total. The summed E-state index contributed by atoms with van der Waals surface area (Å²) >= 11 is 0. The Morgan fingerprint density at radius 3 is 2.42 bits per heavy atom. The van der Waals surface area contributed by atoms with Crippen molar-refractivity contribution in [1.82, 2.24) is 0 Å². The van der Waals surface area contributed by atoms with Crippen molar-refractivity contribution in [3.05, 3.63) is 85.7 Å². The van der Waals surface area contributed by atoms with Crippen molar-refractivity contribution in [1.29, 1.82) is 0 Å². The molecule has 1 aliphatic carbocycles. The van der Waals surface area contributed by atoms with Gasteiger partial charge in [0.2, 0.25) is 0 Å². The van der Waals surface area contributed by atoms with Gasteiger partial charge in [0.05, 0.1) is 27.1 Å². The lowest BCUT2D eigenvalue weighted by molar-refractivity contribution is -0.385. The molecule has 0 saturated carbocycles. The minimum absolute atomic E-state index is 0.0205. The maximum atomic E-state index is 14.4. The molecule has 2 aromatic carbocycles. The number of nitro benzene ring substituents is 2. The number of rotatable bonds is 3. The molecule has 0 amide bonds. The van der Waals surface area contributed by atoms with Crippen LogP contribution in [0.3, 0.4) is 0 Å². The number of allylic oxidation sites excluding steroid dienone is 2. The minimum Gasteiger partial charge on any atom is -0.375 e. The first-order valence-corrected chi connectivity index (χ1v) is 8.11. The Hall–Kier alpha value is -3.29. The molecule has 8 heteroatoms. The van der Waals surface area contributed by atoms with Crippen LogP contribution in [0.15, 0.2) is 48.6 Å². The summed E-state index contributed by atoms with van der Waals surface area (Å²) in [5, 5.41) is 25.3. The van der Waals surface area contributed by atoms with Gasteiger partial charge >= 0.3 is 0 Å². The predicted octanol–water partition coefficient (Wildman–Crippen LogP) is 4.47. The van der Waals surface area contributed by atoms with E-state index >= 15 is 0 Å². The monoisotopic (exact) mass is 355 g/mol. The Morgan fingerprint density at radius 2 is 1.77 bits per heavy atom. The molecule has 26 heavy (non-hydrogen) atoms. The third-order valence-electron chi connectivity index (χ3n) is 5.11. The molecule has 4 rings (SSSR count). The third kappa shape index (κ3) is 2.42. The summed E-state index contributed by atoms with van der Waals surface area (Å²) in [7, 11) is 0. The zero-order chi connectivity index (χ0) is 18.4. The fraction of sp³-hybridized carbons (Fsp3) is 0.222. The maximum absolute atomic E-state index is 14.4. The zero-order valence-electron chi connectivity index (χ0n) is 13.5. The van der Waals surface area contributed by atoms with Crippen molar-refractivity contribution in [3.8, 4) is 0 Å². The van der Waals surface area contributed by atoms with Crippen LogP contribution in [0.1, 0.15) is 29.5 Å². The SMILES string of the molecule is O=[N+]([O-])c1ccc(C2Nc3c(F)ccc([N+](=O)[O-])c3C3C=CCC32)cc1. The van der Waals surface area contributed by atoms with E-state index in [0.29, 0.717) is 12.0 Å². The van der Waals surface area contributed by atoms with Crippen LogP contribution in [0.25, 0.3) is 0 Å². The second-order valence-electron chi connectivity index (χ2n) is 6.44. The van der Waals surface area contributed by atoms with Gasteiger partial charge < -0.3 is 5.32 Å². The van der Waals surface area contributed by atoms with Gasteiger partial charge in [-0.2, -0.15) is 0 Å². The van der Waals surface area contributed by atoms with Crippen LogP contribution >= 0.6 is 0 Å². The molecule has 1 aliphatic heterocycles. The van der Waals surface area contributed by atoms with Gasteiger partial charge in [-0.15, -0.1) is 0 Å². The molecule has 3 atom stereocenters. The number of hydrogen-bond acceptors (Lipinski definition) is 5. The van der Waals surface area contributed by atoms with Crippen LogP contribution in [0.5, 0.6) is 0 Å². The van der Waals surface area contributed by atoms with Crippen LogP contribution in [0.4, 0.5) is 21.5 Å². The van der Waals surface area contributed by atoms with E-state index in [1.54, 1.807) is 12.1 Å².